The molecule has 0 unspecified atom stereocenters. The average Bonchev–Trinajstić information content (AvgIpc) is 2.68. The molecule has 0 bridgehead atoms. The molecule has 1 aliphatic rings. The van der Waals surface area contributed by atoms with Crippen LogP contribution in [0.5, 0.6) is 0 Å². The van der Waals surface area contributed by atoms with E-state index < -0.39 is 0 Å². The Bertz CT molecular complexity index is 800. The molecule has 0 radical (unpaired) electrons. The van der Waals surface area contributed by atoms with Gasteiger partial charge in [-0.2, -0.15) is 0 Å². The molecule has 136 valence electrons. The van der Waals surface area contributed by atoms with Crippen molar-refractivity contribution in [1.29, 1.82) is 0 Å². The van der Waals surface area contributed by atoms with Crippen molar-refractivity contribution in [2.75, 3.05) is 11.9 Å². The fraction of sp³-hybridized carbons (Fsp3) is 0.333. The Morgan fingerprint density at radius 3 is 2.27 bits per heavy atom. The molecule has 0 aromatic heterocycles. The second-order valence-corrected chi connectivity index (χ2v) is 7.08. The molecule has 0 spiro atoms. The second kappa shape index (κ2) is 8.37. The van der Waals surface area contributed by atoms with Crippen LogP contribution in [0.1, 0.15) is 52.8 Å². The zero-order chi connectivity index (χ0) is 18.5. The number of nitrogens with one attached hydrogen (secondary N) is 1. The van der Waals surface area contributed by atoms with Gasteiger partial charge in [-0.1, -0.05) is 55.1 Å². The van der Waals surface area contributed by atoms with Crippen molar-refractivity contribution in [1.82, 2.24) is 5.32 Å². The summed E-state index contributed by atoms with van der Waals surface area (Å²) in [5.41, 5.74) is 1.49. The molecular formula is C21H23ClN2O2. The Kier molecular flexibility index (Phi) is 5.94. The largest absolute Gasteiger partial charge is 0.349 e. The lowest BCUT2D eigenvalue weighted by atomic mass is 9.95. The minimum Gasteiger partial charge on any atom is -0.349 e. The minimum absolute atomic E-state index is 0.133. The summed E-state index contributed by atoms with van der Waals surface area (Å²) in [5, 5.41) is 3.51. The van der Waals surface area contributed by atoms with Crippen molar-refractivity contribution in [3.8, 4) is 0 Å². The van der Waals surface area contributed by atoms with Crippen LogP contribution in [0.4, 0.5) is 5.69 Å². The second-order valence-electron chi connectivity index (χ2n) is 6.67. The molecule has 2 amide bonds. The lowest BCUT2D eigenvalue weighted by molar-refractivity contribution is 0.0928. The zero-order valence-electron chi connectivity index (χ0n) is 14.9. The van der Waals surface area contributed by atoms with Gasteiger partial charge in [0.1, 0.15) is 0 Å². The standard InChI is InChI=1S/C21H23ClN2O2/c1-24(21(26)16-11-5-7-13-18(16)22)19-14-8-6-12-17(19)20(25)23-15-9-3-2-4-10-15/h5-8,11-15H,2-4,9-10H2,1H3,(H,23,25). The van der Waals surface area contributed by atoms with Crippen LogP contribution in [0.2, 0.25) is 5.02 Å². The van der Waals surface area contributed by atoms with Gasteiger partial charge in [0, 0.05) is 13.1 Å². The predicted octanol–water partition coefficient (Wildman–Crippen LogP) is 4.68. The maximum absolute atomic E-state index is 12.8. The highest BCUT2D eigenvalue weighted by Gasteiger charge is 2.23. The van der Waals surface area contributed by atoms with E-state index >= 15 is 0 Å². The minimum atomic E-state index is -0.242. The van der Waals surface area contributed by atoms with Crippen molar-refractivity contribution in [2.45, 2.75) is 38.1 Å². The summed E-state index contributed by atoms with van der Waals surface area (Å²) in [6, 6.07) is 14.3. The van der Waals surface area contributed by atoms with E-state index in [2.05, 4.69) is 5.32 Å². The van der Waals surface area contributed by atoms with Gasteiger partial charge < -0.3 is 10.2 Å². The van der Waals surface area contributed by atoms with Crippen LogP contribution in [0.15, 0.2) is 48.5 Å². The van der Waals surface area contributed by atoms with Crippen LogP contribution in [-0.2, 0) is 0 Å². The summed E-state index contributed by atoms with van der Waals surface area (Å²) in [6.07, 6.45) is 5.57. The summed E-state index contributed by atoms with van der Waals surface area (Å²) < 4.78 is 0. The average molecular weight is 371 g/mol. The van der Waals surface area contributed by atoms with Gasteiger partial charge in [0.05, 0.1) is 21.8 Å². The summed E-state index contributed by atoms with van der Waals surface area (Å²) in [7, 11) is 1.67. The third-order valence-electron chi connectivity index (χ3n) is 4.86. The number of nitrogens with zero attached hydrogens (tertiary/aromatic N) is 1. The molecule has 2 aromatic rings. The quantitative estimate of drug-likeness (QED) is 0.849. The lowest BCUT2D eigenvalue weighted by Crippen LogP contribution is -2.37. The van der Waals surface area contributed by atoms with Gasteiger partial charge in [-0.25, -0.2) is 0 Å². The summed E-state index contributed by atoms with van der Waals surface area (Å²) in [6.45, 7) is 0. The summed E-state index contributed by atoms with van der Waals surface area (Å²) in [5.74, 6) is -0.375. The monoisotopic (exact) mass is 370 g/mol. The molecule has 3 rings (SSSR count). The number of carbonyl (C=O) groups is 2. The van der Waals surface area contributed by atoms with Crippen LogP contribution in [-0.4, -0.2) is 24.9 Å². The van der Waals surface area contributed by atoms with Gasteiger partial charge in [-0.3, -0.25) is 9.59 Å². The van der Waals surface area contributed by atoms with Crippen LogP contribution in [0.3, 0.4) is 0 Å². The predicted molar refractivity (Wildman–Crippen MR) is 105 cm³/mol. The summed E-state index contributed by atoms with van der Waals surface area (Å²) >= 11 is 6.16. The van der Waals surface area contributed by atoms with Gasteiger partial charge in [0.2, 0.25) is 0 Å². The number of amides is 2. The van der Waals surface area contributed by atoms with Crippen molar-refractivity contribution in [2.24, 2.45) is 0 Å². The van der Waals surface area contributed by atoms with Crippen LogP contribution in [0, 0.1) is 0 Å². The molecule has 5 heteroatoms. The molecule has 1 fully saturated rings. The smallest absolute Gasteiger partial charge is 0.259 e. The Hall–Kier alpha value is -2.33. The number of rotatable bonds is 4. The first-order chi connectivity index (χ1) is 12.6. The third-order valence-corrected chi connectivity index (χ3v) is 5.19. The molecule has 1 N–H and O–H groups in total. The topological polar surface area (TPSA) is 49.4 Å². The highest BCUT2D eigenvalue weighted by atomic mass is 35.5. The maximum atomic E-state index is 12.8. The number of carbonyl (C=O) groups excluding carboxylic acids is 2. The molecule has 1 saturated carbocycles. The van der Waals surface area contributed by atoms with Gasteiger partial charge in [0.25, 0.3) is 11.8 Å². The third kappa shape index (κ3) is 4.07. The number of para-hydroxylation sites is 1. The molecule has 4 nitrogen and oxygen atoms in total. The van der Waals surface area contributed by atoms with Crippen LogP contribution in [0.25, 0.3) is 0 Å². The fourth-order valence-corrected chi connectivity index (χ4v) is 3.61. The van der Waals surface area contributed by atoms with Crippen molar-refractivity contribution >= 4 is 29.1 Å². The molecule has 2 aromatic carbocycles. The van der Waals surface area contributed by atoms with E-state index in [1.807, 2.05) is 12.1 Å². The highest BCUT2D eigenvalue weighted by Crippen LogP contribution is 2.25. The van der Waals surface area contributed by atoms with E-state index in [-0.39, 0.29) is 17.9 Å². The van der Waals surface area contributed by atoms with E-state index in [4.69, 9.17) is 11.6 Å². The zero-order valence-corrected chi connectivity index (χ0v) is 15.6. The number of hydrogen-bond acceptors (Lipinski definition) is 2. The van der Waals surface area contributed by atoms with E-state index in [1.54, 1.807) is 43.4 Å². The maximum Gasteiger partial charge on any atom is 0.259 e. The Balaban J connectivity index is 1.83. The Morgan fingerprint density at radius 1 is 0.962 bits per heavy atom. The Labute approximate surface area is 159 Å². The van der Waals surface area contributed by atoms with Gasteiger partial charge in [-0.15, -0.1) is 0 Å². The number of anilines is 1. The SMILES string of the molecule is CN(C(=O)c1ccccc1Cl)c1ccccc1C(=O)NC1CCCCC1. The molecule has 1 aliphatic carbocycles. The molecule has 0 saturated heterocycles. The van der Waals surface area contributed by atoms with Crippen molar-refractivity contribution in [3.05, 3.63) is 64.7 Å². The molecule has 0 heterocycles. The molecule has 0 atom stereocenters. The Morgan fingerprint density at radius 2 is 1.58 bits per heavy atom. The van der Waals surface area contributed by atoms with Gasteiger partial charge in [-0.05, 0) is 37.1 Å². The first-order valence-corrected chi connectivity index (χ1v) is 9.38. The fourth-order valence-electron chi connectivity index (χ4n) is 3.39. The highest BCUT2D eigenvalue weighted by molar-refractivity contribution is 6.34. The number of hydrogen-bond donors (Lipinski definition) is 1. The first-order valence-electron chi connectivity index (χ1n) is 9.00. The van der Waals surface area contributed by atoms with E-state index in [9.17, 15) is 9.59 Å². The van der Waals surface area contributed by atoms with Gasteiger partial charge in [0.15, 0.2) is 0 Å². The van der Waals surface area contributed by atoms with Crippen molar-refractivity contribution < 1.29 is 9.59 Å². The first kappa shape index (κ1) is 18.5. The van der Waals surface area contributed by atoms with Crippen molar-refractivity contribution in [3.63, 3.8) is 0 Å². The van der Waals surface area contributed by atoms with E-state index in [0.717, 1.165) is 25.7 Å². The van der Waals surface area contributed by atoms with E-state index in [0.29, 0.717) is 21.8 Å². The lowest BCUT2D eigenvalue weighted by Gasteiger charge is -2.25. The van der Waals surface area contributed by atoms with Crippen LogP contribution >= 0.6 is 11.6 Å². The van der Waals surface area contributed by atoms with Crippen LogP contribution < -0.4 is 10.2 Å². The number of halogens is 1. The molecular weight excluding hydrogens is 348 g/mol. The number of benzene rings is 2. The summed E-state index contributed by atoms with van der Waals surface area (Å²) in [4.78, 5) is 27.1. The molecule has 0 aliphatic heterocycles. The van der Waals surface area contributed by atoms with Gasteiger partial charge >= 0.3 is 0 Å². The normalized spacial score (nSPS) is 14.7. The molecule has 26 heavy (non-hydrogen) atoms. The van der Waals surface area contributed by atoms with E-state index in [1.165, 1.54) is 11.3 Å².